The normalized spacial score (nSPS) is 19.3. The van der Waals surface area contributed by atoms with Gasteiger partial charge >= 0.3 is 0 Å². The van der Waals surface area contributed by atoms with E-state index in [-0.39, 0.29) is 11.7 Å². The Morgan fingerprint density at radius 2 is 1.75 bits per heavy atom. The van der Waals surface area contributed by atoms with Crippen LogP contribution in [0.1, 0.15) is 21.5 Å². The predicted octanol–water partition coefficient (Wildman–Crippen LogP) is 2.02. The number of carbonyl (C=O) groups is 1. The van der Waals surface area contributed by atoms with Crippen LogP contribution in [0.15, 0.2) is 47.4 Å². The maximum absolute atomic E-state index is 12.5. The number of hydrogen-bond acceptors (Lipinski definition) is 5. The molecule has 2 aliphatic heterocycles. The maximum Gasteiger partial charge on any atom is 0.255 e. The molecule has 0 radical (unpaired) electrons. The van der Waals surface area contributed by atoms with Crippen molar-refractivity contribution in [3.63, 3.8) is 0 Å². The number of sulfone groups is 1. The summed E-state index contributed by atoms with van der Waals surface area (Å²) in [5.74, 6) is -0.0874. The average Bonchev–Trinajstić information content (AvgIpc) is 2.99. The van der Waals surface area contributed by atoms with E-state index in [4.69, 9.17) is 0 Å². The number of hydrogen-bond donors (Lipinski definition) is 1. The van der Waals surface area contributed by atoms with Gasteiger partial charge in [0.15, 0.2) is 9.84 Å². The van der Waals surface area contributed by atoms with Crippen molar-refractivity contribution in [1.29, 1.82) is 0 Å². The van der Waals surface area contributed by atoms with Gasteiger partial charge in [-0.1, -0.05) is 18.2 Å². The highest BCUT2D eigenvalue weighted by atomic mass is 32.2. The Morgan fingerprint density at radius 3 is 2.46 bits per heavy atom. The van der Waals surface area contributed by atoms with Crippen LogP contribution in [0.4, 0.5) is 5.69 Å². The van der Waals surface area contributed by atoms with Crippen LogP contribution in [0.25, 0.3) is 0 Å². The number of aryl methyl sites for hydroxylation is 1. The zero-order chi connectivity index (χ0) is 19.7. The van der Waals surface area contributed by atoms with Crippen molar-refractivity contribution in [2.45, 2.75) is 17.9 Å². The third-order valence-electron chi connectivity index (χ3n) is 5.52. The molecule has 28 heavy (non-hydrogen) atoms. The quantitative estimate of drug-likeness (QED) is 0.852. The lowest BCUT2D eigenvalue weighted by molar-refractivity contribution is 0.102. The van der Waals surface area contributed by atoms with E-state index in [9.17, 15) is 13.2 Å². The Kier molecular flexibility index (Phi) is 5.23. The highest BCUT2D eigenvalue weighted by Crippen LogP contribution is 2.28. The van der Waals surface area contributed by atoms with Crippen LogP contribution >= 0.6 is 0 Å². The molecule has 148 valence electrons. The van der Waals surface area contributed by atoms with Gasteiger partial charge in [0.25, 0.3) is 5.91 Å². The van der Waals surface area contributed by atoms with Gasteiger partial charge in [0.1, 0.15) is 0 Å². The molecule has 0 spiro atoms. The van der Waals surface area contributed by atoms with Crippen molar-refractivity contribution in [3.05, 3.63) is 59.2 Å². The van der Waals surface area contributed by atoms with Gasteiger partial charge in [-0.15, -0.1) is 0 Å². The van der Waals surface area contributed by atoms with E-state index in [0.29, 0.717) is 22.6 Å². The highest BCUT2D eigenvalue weighted by molar-refractivity contribution is 7.91. The highest BCUT2D eigenvalue weighted by Gasteiger charge is 2.26. The van der Waals surface area contributed by atoms with Gasteiger partial charge in [-0.3, -0.25) is 9.69 Å². The molecule has 2 aromatic rings. The Morgan fingerprint density at radius 1 is 1.04 bits per heavy atom. The van der Waals surface area contributed by atoms with Crippen molar-refractivity contribution < 1.29 is 13.2 Å². The Balaban J connectivity index is 1.40. The monoisotopic (exact) mass is 399 g/mol. The third kappa shape index (κ3) is 4.11. The van der Waals surface area contributed by atoms with Gasteiger partial charge in [-0.2, -0.15) is 0 Å². The Hall–Kier alpha value is -2.22. The smallest absolute Gasteiger partial charge is 0.255 e. The van der Waals surface area contributed by atoms with Crippen LogP contribution in [0.5, 0.6) is 0 Å². The van der Waals surface area contributed by atoms with Crippen LogP contribution in [-0.4, -0.2) is 63.1 Å². The summed E-state index contributed by atoms with van der Waals surface area (Å²) in [6.07, 6.45) is 0.542. The predicted molar refractivity (Wildman–Crippen MR) is 109 cm³/mol. The zero-order valence-corrected chi connectivity index (χ0v) is 16.8. The van der Waals surface area contributed by atoms with Crippen molar-refractivity contribution in [1.82, 2.24) is 9.80 Å². The summed E-state index contributed by atoms with van der Waals surface area (Å²) >= 11 is 0. The molecule has 0 aromatic heterocycles. The molecule has 1 amide bonds. The van der Waals surface area contributed by atoms with Gasteiger partial charge in [0.2, 0.25) is 0 Å². The molecule has 6 nitrogen and oxygen atoms in total. The number of amides is 1. The van der Waals surface area contributed by atoms with E-state index in [1.807, 2.05) is 24.3 Å². The molecule has 7 heteroatoms. The summed E-state index contributed by atoms with van der Waals surface area (Å²) in [6.45, 7) is 5.16. The number of nitrogens with zero attached hydrogens (tertiary/aromatic N) is 2. The van der Waals surface area contributed by atoms with Crippen LogP contribution in [0, 0.1) is 0 Å². The standard InChI is InChI=1S/C21H25N3O3S/c1-23-9-11-24(12-10-23)15-16-2-4-18(5-3-16)21(25)22-19-7-6-17-8-13-28(26,27)20(17)14-19/h2-7,14H,8-13,15H2,1H3,(H,22,25). The number of rotatable bonds is 4. The van der Waals surface area contributed by atoms with E-state index in [0.717, 1.165) is 38.3 Å². The Bertz CT molecular complexity index is 978. The van der Waals surface area contributed by atoms with Gasteiger partial charge in [-0.05, 0) is 48.9 Å². The number of anilines is 1. The molecule has 2 heterocycles. The average molecular weight is 400 g/mol. The molecule has 4 rings (SSSR count). The van der Waals surface area contributed by atoms with Crippen molar-refractivity contribution in [3.8, 4) is 0 Å². The van der Waals surface area contributed by atoms with E-state index < -0.39 is 9.84 Å². The van der Waals surface area contributed by atoms with Crippen LogP contribution < -0.4 is 5.32 Å². The lowest BCUT2D eigenvalue weighted by Crippen LogP contribution is -2.43. The first-order valence-corrected chi connectivity index (χ1v) is 11.2. The summed E-state index contributed by atoms with van der Waals surface area (Å²) in [7, 11) is -1.07. The third-order valence-corrected chi connectivity index (χ3v) is 7.31. The molecular weight excluding hydrogens is 374 g/mol. The largest absolute Gasteiger partial charge is 0.322 e. The molecule has 0 bridgehead atoms. The number of benzene rings is 2. The molecule has 1 N–H and O–H groups in total. The van der Waals surface area contributed by atoms with E-state index >= 15 is 0 Å². The van der Waals surface area contributed by atoms with Gasteiger partial charge in [-0.25, -0.2) is 8.42 Å². The van der Waals surface area contributed by atoms with Crippen LogP contribution in [0.3, 0.4) is 0 Å². The number of piperazine rings is 1. The molecule has 2 aromatic carbocycles. The van der Waals surface area contributed by atoms with E-state index in [2.05, 4.69) is 22.2 Å². The molecule has 1 fully saturated rings. The van der Waals surface area contributed by atoms with Gasteiger partial charge < -0.3 is 10.2 Å². The zero-order valence-electron chi connectivity index (χ0n) is 16.0. The fourth-order valence-corrected chi connectivity index (χ4v) is 5.30. The minimum Gasteiger partial charge on any atom is -0.322 e. The Labute approximate surface area is 166 Å². The van der Waals surface area contributed by atoms with Crippen molar-refractivity contribution in [2.24, 2.45) is 0 Å². The first-order valence-electron chi connectivity index (χ1n) is 9.58. The number of carbonyl (C=O) groups excluding carboxylic acids is 1. The first kappa shape index (κ1) is 19.1. The number of nitrogens with one attached hydrogen (secondary N) is 1. The first-order chi connectivity index (χ1) is 13.4. The molecule has 1 saturated heterocycles. The summed E-state index contributed by atoms with van der Waals surface area (Å²) in [5.41, 5.74) is 3.08. The fraction of sp³-hybridized carbons (Fsp3) is 0.381. The molecule has 0 saturated carbocycles. The molecule has 2 aliphatic rings. The second-order valence-corrected chi connectivity index (χ2v) is 9.70. The molecular formula is C21H25N3O3S. The fourth-order valence-electron chi connectivity index (χ4n) is 3.71. The summed E-state index contributed by atoms with van der Waals surface area (Å²) in [4.78, 5) is 17.6. The van der Waals surface area contributed by atoms with Crippen molar-refractivity contribution >= 4 is 21.4 Å². The van der Waals surface area contributed by atoms with Crippen molar-refractivity contribution in [2.75, 3.05) is 44.3 Å². The van der Waals surface area contributed by atoms with Gasteiger partial charge in [0.05, 0.1) is 10.6 Å². The lowest BCUT2D eigenvalue weighted by Gasteiger charge is -2.32. The minimum absolute atomic E-state index is 0.147. The summed E-state index contributed by atoms with van der Waals surface area (Å²) in [5, 5.41) is 2.81. The molecule has 0 aliphatic carbocycles. The second-order valence-electron chi connectivity index (χ2n) is 7.62. The number of likely N-dealkylation sites (N-methyl/N-ethyl adjacent to an activating group) is 1. The lowest BCUT2D eigenvalue weighted by atomic mass is 10.1. The summed E-state index contributed by atoms with van der Waals surface area (Å²) in [6, 6.07) is 12.7. The van der Waals surface area contributed by atoms with E-state index in [1.165, 1.54) is 5.56 Å². The topological polar surface area (TPSA) is 69.7 Å². The summed E-state index contributed by atoms with van der Waals surface area (Å²) < 4.78 is 24.1. The van der Waals surface area contributed by atoms with E-state index in [1.54, 1.807) is 18.2 Å². The maximum atomic E-state index is 12.5. The molecule has 0 atom stereocenters. The second kappa shape index (κ2) is 7.66. The number of fused-ring (bicyclic) bond motifs is 1. The van der Waals surface area contributed by atoms with Gasteiger partial charge in [0, 0.05) is 44.0 Å². The van der Waals surface area contributed by atoms with Crippen LogP contribution in [-0.2, 0) is 22.8 Å². The minimum atomic E-state index is -3.21. The SMILES string of the molecule is CN1CCN(Cc2ccc(C(=O)Nc3ccc4c(c3)S(=O)(=O)CC4)cc2)CC1. The molecule has 0 unspecified atom stereocenters. The van der Waals surface area contributed by atoms with Crippen LogP contribution in [0.2, 0.25) is 0 Å².